The molecule has 24 heavy (non-hydrogen) atoms. The van der Waals surface area contributed by atoms with Gasteiger partial charge in [-0.3, -0.25) is 0 Å². The van der Waals surface area contributed by atoms with Crippen LogP contribution < -0.4 is 15.4 Å². The second kappa shape index (κ2) is 7.61. The number of nitrogens with one attached hydrogen (secondary N) is 2. The molecule has 0 aliphatic rings. The Morgan fingerprint density at radius 3 is 2.75 bits per heavy atom. The lowest BCUT2D eigenvalue weighted by molar-refractivity contribution is 0.311. The number of aliphatic hydroxyl groups is 1. The Balaban J connectivity index is 1.83. The van der Waals surface area contributed by atoms with Crippen LogP contribution in [0.5, 0.6) is 5.75 Å². The first kappa shape index (κ1) is 16.0. The molecule has 0 bridgehead atoms. The van der Waals surface area contributed by atoms with Gasteiger partial charge >= 0.3 is 0 Å². The molecule has 0 saturated carbocycles. The van der Waals surface area contributed by atoms with Gasteiger partial charge in [-0.2, -0.15) is 4.98 Å². The van der Waals surface area contributed by atoms with Crippen LogP contribution in [0.1, 0.15) is 5.56 Å². The lowest BCUT2D eigenvalue weighted by atomic mass is 10.2. The minimum absolute atomic E-state index is 0.0465. The van der Waals surface area contributed by atoms with Crippen LogP contribution in [0, 0.1) is 0 Å². The lowest BCUT2D eigenvalue weighted by Crippen LogP contribution is -2.10. The summed E-state index contributed by atoms with van der Waals surface area (Å²) in [5.74, 6) is 2.07. The van der Waals surface area contributed by atoms with Crippen molar-refractivity contribution in [1.29, 1.82) is 0 Å². The van der Waals surface area contributed by atoms with Crippen molar-refractivity contribution in [2.45, 2.75) is 6.54 Å². The van der Waals surface area contributed by atoms with E-state index in [4.69, 9.17) is 9.84 Å². The van der Waals surface area contributed by atoms with Gasteiger partial charge in [-0.05, 0) is 29.8 Å². The number of benzene rings is 2. The SMILES string of the molecule is COc1cccc(CNc2nc(NCCO)c3ccccc3n2)c1. The third-order valence-corrected chi connectivity index (χ3v) is 3.59. The minimum Gasteiger partial charge on any atom is -0.497 e. The molecule has 0 amide bonds. The second-order valence-corrected chi connectivity index (χ2v) is 5.27. The normalized spacial score (nSPS) is 10.6. The van der Waals surface area contributed by atoms with Gasteiger partial charge in [-0.25, -0.2) is 4.98 Å². The summed E-state index contributed by atoms with van der Waals surface area (Å²) in [6.07, 6.45) is 0. The van der Waals surface area contributed by atoms with Crippen molar-refractivity contribution in [3.63, 3.8) is 0 Å². The summed E-state index contributed by atoms with van der Waals surface area (Å²) in [6.45, 7) is 1.08. The zero-order chi connectivity index (χ0) is 16.8. The maximum absolute atomic E-state index is 9.04. The maximum atomic E-state index is 9.04. The van der Waals surface area contributed by atoms with Crippen LogP contribution in [0.25, 0.3) is 10.9 Å². The zero-order valence-corrected chi connectivity index (χ0v) is 13.5. The first-order valence-electron chi connectivity index (χ1n) is 7.78. The number of rotatable bonds is 7. The Morgan fingerprint density at radius 1 is 1.04 bits per heavy atom. The molecule has 0 aliphatic carbocycles. The highest BCUT2D eigenvalue weighted by atomic mass is 16.5. The van der Waals surface area contributed by atoms with Gasteiger partial charge in [0.2, 0.25) is 5.95 Å². The van der Waals surface area contributed by atoms with E-state index in [9.17, 15) is 0 Å². The van der Waals surface area contributed by atoms with E-state index in [2.05, 4.69) is 20.6 Å². The highest BCUT2D eigenvalue weighted by molar-refractivity contribution is 5.90. The number of methoxy groups -OCH3 is 1. The minimum atomic E-state index is 0.0465. The molecule has 1 heterocycles. The lowest BCUT2D eigenvalue weighted by Gasteiger charge is -2.11. The van der Waals surface area contributed by atoms with Crippen molar-refractivity contribution < 1.29 is 9.84 Å². The summed E-state index contributed by atoms with van der Waals surface area (Å²) in [6, 6.07) is 15.6. The Morgan fingerprint density at radius 2 is 1.92 bits per heavy atom. The molecule has 6 nitrogen and oxygen atoms in total. The van der Waals surface area contributed by atoms with Crippen molar-refractivity contribution >= 4 is 22.7 Å². The molecular formula is C18H20N4O2. The van der Waals surface area contributed by atoms with Crippen LogP contribution in [-0.2, 0) is 6.54 Å². The molecule has 0 spiro atoms. The third-order valence-electron chi connectivity index (χ3n) is 3.59. The fraction of sp³-hybridized carbons (Fsp3) is 0.222. The molecule has 3 rings (SSSR count). The Kier molecular flexibility index (Phi) is 5.08. The van der Waals surface area contributed by atoms with Gasteiger partial charge < -0.3 is 20.5 Å². The predicted octanol–water partition coefficient (Wildman–Crippen LogP) is 2.65. The standard InChI is InChI=1S/C18H20N4O2/c1-24-14-6-4-5-13(11-14)12-20-18-21-16-8-3-2-7-15(16)17(22-18)19-9-10-23/h2-8,11,23H,9-10,12H2,1H3,(H2,19,20,21,22). The average molecular weight is 324 g/mol. The number of hydrogen-bond donors (Lipinski definition) is 3. The fourth-order valence-electron chi connectivity index (χ4n) is 2.43. The van der Waals surface area contributed by atoms with Crippen LogP contribution in [0.2, 0.25) is 0 Å². The largest absolute Gasteiger partial charge is 0.497 e. The first-order valence-corrected chi connectivity index (χ1v) is 7.78. The molecule has 0 atom stereocenters. The summed E-state index contributed by atoms with van der Waals surface area (Å²) >= 11 is 0. The number of ether oxygens (including phenoxy) is 1. The molecule has 0 unspecified atom stereocenters. The van der Waals surface area contributed by atoms with Gasteiger partial charge in [0.15, 0.2) is 0 Å². The molecule has 2 aromatic carbocycles. The van der Waals surface area contributed by atoms with E-state index < -0.39 is 0 Å². The van der Waals surface area contributed by atoms with Crippen LogP contribution in [0.15, 0.2) is 48.5 Å². The van der Waals surface area contributed by atoms with E-state index in [1.54, 1.807) is 7.11 Å². The van der Waals surface area contributed by atoms with Crippen LogP contribution >= 0.6 is 0 Å². The zero-order valence-electron chi connectivity index (χ0n) is 13.5. The first-order chi connectivity index (χ1) is 11.8. The molecule has 0 radical (unpaired) electrons. The summed E-state index contributed by atoms with van der Waals surface area (Å²) in [5, 5.41) is 16.3. The maximum Gasteiger partial charge on any atom is 0.225 e. The smallest absolute Gasteiger partial charge is 0.225 e. The number of fused-ring (bicyclic) bond motifs is 1. The van der Waals surface area contributed by atoms with E-state index in [1.807, 2.05) is 48.5 Å². The van der Waals surface area contributed by atoms with Crippen molar-refractivity contribution in [3.05, 3.63) is 54.1 Å². The molecule has 0 fully saturated rings. The third kappa shape index (κ3) is 3.72. The number of aromatic nitrogens is 2. The average Bonchev–Trinajstić information content (AvgIpc) is 2.64. The van der Waals surface area contributed by atoms with Crippen LogP contribution in [0.4, 0.5) is 11.8 Å². The van der Waals surface area contributed by atoms with Crippen LogP contribution in [0.3, 0.4) is 0 Å². The summed E-state index contributed by atoms with van der Waals surface area (Å²) in [7, 11) is 1.65. The van der Waals surface area contributed by atoms with Gasteiger partial charge in [0, 0.05) is 18.5 Å². The number of nitrogens with zero attached hydrogens (tertiary/aromatic N) is 2. The van der Waals surface area contributed by atoms with Gasteiger partial charge in [0.25, 0.3) is 0 Å². The van der Waals surface area contributed by atoms with Crippen molar-refractivity contribution in [3.8, 4) is 5.75 Å². The number of anilines is 2. The van der Waals surface area contributed by atoms with E-state index in [0.29, 0.717) is 24.9 Å². The van der Waals surface area contributed by atoms with E-state index in [1.165, 1.54) is 0 Å². The molecule has 6 heteroatoms. The highest BCUT2D eigenvalue weighted by Gasteiger charge is 2.07. The van der Waals surface area contributed by atoms with E-state index >= 15 is 0 Å². The second-order valence-electron chi connectivity index (χ2n) is 5.27. The van der Waals surface area contributed by atoms with Crippen LogP contribution in [-0.4, -0.2) is 35.3 Å². The highest BCUT2D eigenvalue weighted by Crippen LogP contribution is 2.22. The summed E-state index contributed by atoms with van der Waals surface area (Å²) in [5.41, 5.74) is 1.93. The summed E-state index contributed by atoms with van der Waals surface area (Å²) < 4.78 is 5.24. The van der Waals surface area contributed by atoms with Crippen molar-refractivity contribution in [1.82, 2.24) is 9.97 Å². The van der Waals surface area contributed by atoms with Crippen molar-refractivity contribution in [2.24, 2.45) is 0 Å². The Hall–Kier alpha value is -2.86. The fourth-order valence-corrected chi connectivity index (χ4v) is 2.43. The van der Waals surface area contributed by atoms with E-state index in [-0.39, 0.29) is 6.61 Å². The van der Waals surface area contributed by atoms with Gasteiger partial charge in [-0.15, -0.1) is 0 Å². The molecule has 1 aromatic heterocycles. The topological polar surface area (TPSA) is 79.3 Å². The van der Waals surface area contributed by atoms with Gasteiger partial charge in [-0.1, -0.05) is 24.3 Å². The van der Waals surface area contributed by atoms with E-state index in [0.717, 1.165) is 22.2 Å². The molecule has 0 saturated heterocycles. The van der Waals surface area contributed by atoms with Gasteiger partial charge in [0.1, 0.15) is 11.6 Å². The molecule has 3 aromatic rings. The quantitative estimate of drug-likeness (QED) is 0.620. The molecular weight excluding hydrogens is 304 g/mol. The monoisotopic (exact) mass is 324 g/mol. The Labute approximate surface area is 140 Å². The predicted molar refractivity (Wildman–Crippen MR) is 95.4 cm³/mol. The molecule has 124 valence electrons. The van der Waals surface area contributed by atoms with Gasteiger partial charge in [0.05, 0.1) is 19.2 Å². The molecule has 0 aliphatic heterocycles. The van der Waals surface area contributed by atoms with Crippen molar-refractivity contribution in [2.75, 3.05) is 30.9 Å². The number of para-hydroxylation sites is 1. The number of aliphatic hydroxyl groups excluding tert-OH is 1. The molecule has 3 N–H and O–H groups in total. The Bertz CT molecular complexity index is 823. The number of hydrogen-bond acceptors (Lipinski definition) is 6. The summed E-state index contributed by atoms with van der Waals surface area (Å²) in [4.78, 5) is 9.07.